The first-order chi connectivity index (χ1) is 13.0. The molecule has 0 radical (unpaired) electrons. The summed E-state index contributed by atoms with van der Waals surface area (Å²) in [5.41, 5.74) is 0.281. The van der Waals surface area contributed by atoms with Gasteiger partial charge in [-0.15, -0.1) is 0 Å². The van der Waals surface area contributed by atoms with Gasteiger partial charge in [-0.2, -0.15) is 11.8 Å². The fraction of sp³-hybridized carbons (Fsp3) is 0.389. The van der Waals surface area contributed by atoms with Gasteiger partial charge in [0.05, 0.1) is 19.1 Å². The summed E-state index contributed by atoms with van der Waals surface area (Å²) in [4.78, 5) is 12.3. The topological polar surface area (TPSA) is 97.6 Å². The maximum absolute atomic E-state index is 12.5. The second-order valence-electron chi connectivity index (χ2n) is 6.15. The molecule has 0 unspecified atom stereocenters. The average Bonchev–Trinajstić information content (AvgIpc) is 3.30. The van der Waals surface area contributed by atoms with Crippen LogP contribution in [0.15, 0.2) is 45.9 Å². The highest BCUT2D eigenvalue weighted by Crippen LogP contribution is 2.28. The van der Waals surface area contributed by atoms with E-state index in [-0.39, 0.29) is 28.2 Å². The molecule has 1 aliphatic rings. The van der Waals surface area contributed by atoms with Gasteiger partial charge in [0.1, 0.15) is 16.4 Å². The van der Waals surface area contributed by atoms with Gasteiger partial charge in [-0.25, -0.2) is 13.1 Å². The second-order valence-corrected chi connectivity index (χ2v) is 8.94. The van der Waals surface area contributed by atoms with Gasteiger partial charge in [-0.3, -0.25) is 4.79 Å². The molecule has 9 heteroatoms. The smallest absolute Gasteiger partial charge is 0.251 e. The molecule has 0 atom stereocenters. The predicted molar refractivity (Wildman–Crippen MR) is 104 cm³/mol. The van der Waals surface area contributed by atoms with Gasteiger partial charge in [-0.05, 0) is 43.2 Å². The molecule has 1 aliphatic carbocycles. The molecule has 0 spiro atoms. The Hall–Kier alpha value is -1.97. The normalized spacial score (nSPS) is 14.1. The van der Waals surface area contributed by atoms with Crippen LogP contribution in [0.5, 0.6) is 5.75 Å². The number of thioether (sulfide) groups is 1. The van der Waals surface area contributed by atoms with Gasteiger partial charge in [-0.1, -0.05) is 0 Å². The van der Waals surface area contributed by atoms with Crippen molar-refractivity contribution in [2.45, 2.75) is 29.5 Å². The molecular weight excluding hydrogens is 388 g/mol. The minimum atomic E-state index is -3.72. The van der Waals surface area contributed by atoms with E-state index in [0.29, 0.717) is 6.54 Å². The number of hydrogen-bond donors (Lipinski definition) is 2. The monoisotopic (exact) mass is 410 g/mol. The van der Waals surface area contributed by atoms with Crippen LogP contribution in [0.3, 0.4) is 0 Å². The largest absolute Gasteiger partial charge is 0.495 e. The zero-order valence-corrected chi connectivity index (χ0v) is 16.6. The summed E-state index contributed by atoms with van der Waals surface area (Å²) in [5, 5.41) is 2.80. The lowest BCUT2D eigenvalue weighted by Crippen LogP contribution is -2.28. The van der Waals surface area contributed by atoms with Crippen molar-refractivity contribution in [3.63, 3.8) is 0 Å². The maximum Gasteiger partial charge on any atom is 0.251 e. The third kappa shape index (κ3) is 5.50. The Kier molecular flexibility index (Phi) is 6.46. The number of carbonyl (C=O) groups excluding carboxylic acids is 1. The van der Waals surface area contributed by atoms with Crippen LogP contribution in [0.2, 0.25) is 0 Å². The van der Waals surface area contributed by atoms with Crippen molar-refractivity contribution in [1.82, 2.24) is 10.0 Å². The van der Waals surface area contributed by atoms with Crippen LogP contribution in [0.25, 0.3) is 0 Å². The van der Waals surface area contributed by atoms with Crippen molar-refractivity contribution in [3.8, 4) is 5.75 Å². The Morgan fingerprint density at radius 2 is 2.15 bits per heavy atom. The maximum atomic E-state index is 12.5. The summed E-state index contributed by atoms with van der Waals surface area (Å²) in [6, 6.07) is 8.13. The SMILES string of the molecule is COc1ccc(C(=O)NCCSCc2ccco2)cc1S(=O)(=O)NC1CC1. The van der Waals surface area contributed by atoms with Crippen LogP contribution in [0.1, 0.15) is 29.0 Å². The van der Waals surface area contributed by atoms with Gasteiger partial charge in [0.2, 0.25) is 10.0 Å². The van der Waals surface area contributed by atoms with E-state index >= 15 is 0 Å². The van der Waals surface area contributed by atoms with Crippen molar-refractivity contribution in [2.75, 3.05) is 19.4 Å². The van der Waals surface area contributed by atoms with E-state index < -0.39 is 10.0 Å². The molecule has 2 aromatic rings. The third-order valence-corrected chi connectivity index (χ3v) is 6.49. The first-order valence-corrected chi connectivity index (χ1v) is 11.2. The minimum absolute atomic E-state index is 0.0169. The van der Waals surface area contributed by atoms with Crippen molar-refractivity contribution >= 4 is 27.7 Å². The van der Waals surface area contributed by atoms with Crippen LogP contribution in [-0.4, -0.2) is 39.8 Å². The Labute approximate surface area is 162 Å². The quantitative estimate of drug-likeness (QED) is 0.584. The second kappa shape index (κ2) is 8.81. The van der Waals surface area contributed by atoms with Crippen LogP contribution in [-0.2, 0) is 15.8 Å². The molecule has 0 bridgehead atoms. The summed E-state index contributed by atoms with van der Waals surface area (Å²) in [6.45, 7) is 0.471. The molecule has 1 heterocycles. The highest BCUT2D eigenvalue weighted by Gasteiger charge is 2.30. The van der Waals surface area contributed by atoms with Gasteiger partial charge < -0.3 is 14.5 Å². The molecule has 1 aromatic carbocycles. The Morgan fingerprint density at radius 3 is 2.81 bits per heavy atom. The molecule has 0 saturated heterocycles. The Morgan fingerprint density at radius 1 is 1.33 bits per heavy atom. The fourth-order valence-electron chi connectivity index (χ4n) is 2.42. The number of hydrogen-bond acceptors (Lipinski definition) is 6. The summed E-state index contributed by atoms with van der Waals surface area (Å²) in [5.74, 6) is 2.24. The molecular formula is C18H22N2O5S2. The molecule has 1 saturated carbocycles. The number of ether oxygens (including phenoxy) is 1. The van der Waals surface area contributed by atoms with E-state index in [2.05, 4.69) is 10.0 Å². The van der Waals surface area contributed by atoms with E-state index in [1.54, 1.807) is 24.1 Å². The molecule has 1 aromatic heterocycles. The van der Waals surface area contributed by atoms with Crippen LogP contribution >= 0.6 is 11.8 Å². The van der Waals surface area contributed by atoms with E-state index in [9.17, 15) is 13.2 Å². The van der Waals surface area contributed by atoms with E-state index in [1.165, 1.54) is 19.2 Å². The van der Waals surface area contributed by atoms with E-state index in [4.69, 9.17) is 9.15 Å². The lowest BCUT2D eigenvalue weighted by molar-refractivity contribution is 0.0956. The van der Waals surface area contributed by atoms with Crippen molar-refractivity contribution in [2.24, 2.45) is 0 Å². The molecule has 3 rings (SSSR count). The van der Waals surface area contributed by atoms with Gasteiger partial charge >= 0.3 is 0 Å². The lowest BCUT2D eigenvalue weighted by Gasteiger charge is -2.12. The van der Waals surface area contributed by atoms with Crippen molar-refractivity contribution in [1.29, 1.82) is 0 Å². The van der Waals surface area contributed by atoms with Crippen molar-refractivity contribution in [3.05, 3.63) is 47.9 Å². The Balaban J connectivity index is 1.58. The molecule has 2 N–H and O–H groups in total. The molecule has 1 fully saturated rings. The number of furan rings is 1. The number of methoxy groups -OCH3 is 1. The molecule has 7 nitrogen and oxygen atoms in total. The van der Waals surface area contributed by atoms with Crippen molar-refractivity contribution < 1.29 is 22.4 Å². The fourth-order valence-corrected chi connectivity index (χ4v) is 4.67. The number of rotatable bonds is 10. The minimum Gasteiger partial charge on any atom is -0.495 e. The van der Waals surface area contributed by atoms with Gasteiger partial charge in [0.15, 0.2) is 0 Å². The van der Waals surface area contributed by atoms with Gasteiger partial charge in [0.25, 0.3) is 5.91 Å². The summed E-state index contributed by atoms with van der Waals surface area (Å²) in [7, 11) is -2.32. The number of carbonyl (C=O) groups is 1. The van der Waals surface area contributed by atoms with E-state index in [0.717, 1.165) is 30.1 Å². The zero-order chi connectivity index (χ0) is 19.3. The number of amides is 1. The highest BCUT2D eigenvalue weighted by atomic mass is 32.2. The summed E-state index contributed by atoms with van der Waals surface area (Å²) in [6.07, 6.45) is 3.29. The number of benzene rings is 1. The lowest BCUT2D eigenvalue weighted by atomic mass is 10.2. The van der Waals surface area contributed by atoms with Crippen LogP contribution in [0, 0.1) is 0 Å². The zero-order valence-electron chi connectivity index (χ0n) is 14.9. The predicted octanol–water partition coefficient (Wildman–Crippen LogP) is 2.39. The molecule has 27 heavy (non-hydrogen) atoms. The molecule has 146 valence electrons. The number of nitrogens with one attached hydrogen (secondary N) is 2. The molecule has 1 amide bonds. The summed E-state index contributed by atoms with van der Waals surface area (Å²) >= 11 is 1.64. The summed E-state index contributed by atoms with van der Waals surface area (Å²) < 4.78 is 38.0. The molecule has 0 aliphatic heterocycles. The Bertz CT molecular complexity index is 877. The first kappa shape index (κ1) is 19.8. The third-order valence-electron chi connectivity index (χ3n) is 3.97. The van der Waals surface area contributed by atoms with Crippen LogP contribution < -0.4 is 14.8 Å². The average molecular weight is 411 g/mol. The van der Waals surface area contributed by atoms with E-state index in [1.807, 2.05) is 12.1 Å². The highest BCUT2D eigenvalue weighted by molar-refractivity contribution is 7.98. The standard InChI is InChI=1S/C18H22N2O5S2/c1-24-16-7-4-13(11-17(16)27(22,23)20-14-5-6-14)18(21)19-8-10-26-12-15-3-2-9-25-15/h2-4,7,9,11,14,20H,5-6,8,10,12H2,1H3,(H,19,21). The van der Waals surface area contributed by atoms with Crippen LogP contribution in [0.4, 0.5) is 0 Å². The van der Waals surface area contributed by atoms with Gasteiger partial charge in [0, 0.05) is 23.9 Å². The number of sulfonamides is 1. The first-order valence-electron chi connectivity index (χ1n) is 8.58.